The highest BCUT2D eigenvalue weighted by atomic mass is 16.5. The minimum atomic E-state index is 0.388. The zero-order valence-electron chi connectivity index (χ0n) is 9.39. The Kier molecular flexibility index (Phi) is 2.40. The van der Waals surface area contributed by atoms with Crippen LogP contribution in [-0.2, 0) is 4.74 Å². The van der Waals surface area contributed by atoms with Gasteiger partial charge in [0.05, 0.1) is 24.6 Å². The van der Waals surface area contributed by atoms with Crippen molar-refractivity contribution in [2.24, 2.45) is 0 Å². The number of hydrogen-bond donors (Lipinski definition) is 1. The molecular formula is C11H16N4O. The van der Waals surface area contributed by atoms with Gasteiger partial charge in [0.2, 0.25) is 0 Å². The number of fused-ring (bicyclic) bond motifs is 2. The molecule has 0 aliphatic carbocycles. The summed E-state index contributed by atoms with van der Waals surface area (Å²) in [6.45, 7) is 1.89. The molecule has 0 spiro atoms. The van der Waals surface area contributed by atoms with Crippen molar-refractivity contribution in [1.82, 2.24) is 9.97 Å². The first-order chi connectivity index (χ1) is 7.85. The molecule has 2 unspecified atom stereocenters. The highest BCUT2D eigenvalue weighted by Gasteiger charge is 2.34. The van der Waals surface area contributed by atoms with Crippen LogP contribution < -0.4 is 10.2 Å². The number of ether oxygens (including phenoxy) is 1. The van der Waals surface area contributed by atoms with Crippen LogP contribution in [0.2, 0.25) is 0 Å². The van der Waals surface area contributed by atoms with E-state index >= 15 is 0 Å². The Labute approximate surface area is 94.8 Å². The molecule has 0 aromatic carbocycles. The van der Waals surface area contributed by atoms with Crippen molar-refractivity contribution in [3.8, 4) is 0 Å². The Morgan fingerprint density at radius 1 is 1.31 bits per heavy atom. The van der Waals surface area contributed by atoms with E-state index in [-0.39, 0.29) is 0 Å². The zero-order valence-corrected chi connectivity index (χ0v) is 9.39. The summed E-state index contributed by atoms with van der Waals surface area (Å²) in [6, 6.07) is 0. The standard InChI is InChI=1S/C11H16N4O/c1-12-10-4-13-5-11(14-10)15-6-8-2-3-9(7-15)16-8/h4-5,8-9H,2-3,6-7H2,1H3,(H,12,14). The second-order valence-electron chi connectivity index (χ2n) is 4.37. The third kappa shape index (κ3) is 1.71. The van der Waals surface area contributed by atoms with Gasteiger partial charge in [-0.3, -0.25) is 4.98 Å². The Hall–Kier alpha value is -1.36. The van der Waals surface area contributed by atoms with Crippen molar-refractivity contribution in [3.05, 3.63) is 12.4 Å². The van der Waals surface area contributed by atoms with E-state index in [1.807, 2.05) is 13.2 Å². The third-order valence-electron chi connectivity index (χ3n) is 3.25. The second kappa shape index (κ2) is 3.90. The monoisotopic (exact) mass is 220 g/mol. The van der Waals surface area contributed by atoms with E-state index in [4.69, 9.17) is 4.74 Å². The molecule has 86 valence electrons. The summed E-state index contributed by atoms with van der Waals surface area (Å²) in [6.07, 6.45) is 6.70. The normalized spacial score (nSPS) is 28.2. The molecular weight excluding hydrogens is 204 g/mol. The number of rotatable bonds is 2. The summed E-state index contributed by atoms with van der Waals surface area (Å²) in [5.41, 5.74) is 0. The molecule has 2 fully saturated rings. The van der Waals surface area contributed by atoms with Gasteiger partial charge in [-0.2, -0.15) is 0 Å². The lowest BCUT2D eigenvalue weighted by molar-refractivity contribution is 0.0302. The van der Waals surface area contributed by atoms with Crippen LogP contribution in [0.1, 0.15) is 12.8 Å². The van der Waals surface area contributed by atoms with Gasteiger partial charge >= 0.3 is 0 Å². The van der Waals surface area contributed by atoms with E-state index in [1.54, 1.807) is 6.20 Å². The van der Waals surface area contributed by atoms with E-state index in [9.17, 15) is 0 Å². The van der Waals surface area contributed by atoms with Crippen molar-refractivity contribution in [3.63, 3.8) is 0 Å². The van der Waals surface area contributed by atoms with Gasteiger partial charge in [-0.15, -0.1) is 0 Å². The summed E-state index contributed by atoms with van der Waals surface area (Å²) in [7, 11) is 1.86. The van der Waals surface area contributed by atoms with Crippen LogP contribution in [0.15, 0.2) is 12.4 Å². The van der Waals surface area contributed by atoms with Gasteiger partial charge in [0, 0.05) is 20.1 Å². The van der Waals surface area contributed by atoms with E-state index in [0.717, 1.165) is 24.7 Å². The van der Waals surface area contributed by atoms with Gasteiger partial charge < -0.3 is 15.0 Å². The van der Waals surface area contributed by atoms with Crippen LogP contribution in [0.25, 0.3) is 0 Å². The summed E-state index contributed by atoms with van der Waals surface area (Å²) in [5.74, 6) is 1.77. The first kappa shape index (κ1) is 9.84. The molecule has 2 atom stereocenters. The molecule has 1 aromatic heterocycles. The average Bonchev–Trinajstić information content (AvgIpc) is 2.68. The average molecular weight is 220 g/mol. The number of anilines is 2. The van der Waals surface area contributed by atoms with Crippen molar-refractivity contribution in [2.75, 3.05) is 30.4 Å². The largest absolute Gasteiger partial charge is 0.372 e. The van der Waals surface area contributed by atoms with Crippen LogP contribution in [0, 0.1) is 0 Å². The summed E-state index contributed by atoms with van der Waals surface area (Å²) < 4.78 is 5.80. The molecule has 2 saturated heterocycles. The van der Waals surface area contributed by atoms with Crippen LogP contribution in [0.5, 0.6) is 0 Å². The molecule has 5 nitrogen and oxygen atoms in total. The van der Waals surface area contributed by atoms with Gasteiger partial charge in [0.25, 0.3) is 0 Å². The first-order valence-corrected chi connectivity index (χ1v) is 5.75. The SMILES string of the molecule is CNc1cncc(N2CC3CCC(C2)O3)n1. The van der Waals surface area contributed by atoms with Crippen molar-refractivity contribution < 1.29 is 4.74 Å². The highest BCUT2D eigenvalue weighted by Crippen LogP contribution is 2.28. The molecule has 2 bridgehead atoms. The van der Waals surface area contributed by atoms with Gasteiger partial charge in [-0.25, -0.2) is 4.98 Å². The van der Waals surface area contributed by atoms with Crippen molar-refractivity contribution >= 4 is 11.6 Å². The van der Waals surface area contributed by atoms with Gasteiger partial charge in [0.15, 0.2) is 0 Å². The molecule has 3 heterocycles. The topological polar surface area (TPSA) is 50.3 Å². The predicted molar refractivity (Wildman–Crippen MR) is 61.7 cm³/mol. The van der Waals surface area contributed by atoms with Crippen molar-refractivity contribution in [2.45, 2.75) is 25.0 Å². The van der Waals surface area contributed by atoms with Crippen molar-refractivity contribution in [1.29, 1.82) is 0 Å². The van der Waals surface area contributed by atoms with Crippen LogP contribution >= 0.6 is 0 Å². The smallest absolute Gasteiger partial charge is 0.149 e. The highest BCUT2D eigenvalue weighted by molar-refractivity contribution is 5.44. The number of morpholine rings is 1. The Morgan fingerprint density at radius 3 is 2.75 bits per heavy atom. The minimum absolute atomic E-state index is 0.388. The Morgan fingerprint density at radius 2 is 2.06 bits per heavy atom. The molecule has 0 amide bonds. The zero-order chi connectivity index (χ0) is 11.0. The molecule has 2 aliphatic rings. The lowest BCUT2D eigenvalue weighted by atomic mass is 10.2. The molecule has 1 N–H and O–H groups in total. The summed E-state index contributed by atoms with van der Waals surface area (Å²) in [5, 5.41) is 3.01. The summed E-state index contributed by atoms with van der Waals surface area (Å²) in [4.78, 5) is 11.0. The number of nitrogens with one attached hydrogen (secondary N) is 1. The quantitative estimate of drug-likeness (QED) is 0.802. The molecule has 16 heavy (non-hydrogen) atoms. The van der Waals surface area contributed by atoms with Crippen LogP contribution in [0.4, 0.5) is 11.6 Å². The molecule has 2 aliphatic heterocycles. The minimum Gasteiger partial charge on any atom is -0.372 e. The molecule has 0 radical (unpaired) electrons. The lowest BCUT2D eigenvalue weighted by Gasteiger charge is -2.32. The predicted octanol–water partition coefficient (Wildman–Crippen LogP) is 0.886. The maximum atomic E-state index is 5.80. The number of hydrogen-bond acceptors (Lipinski definition) is 5. The fraction of sp³-hybridized carbons (Fsp3) is 0.636. The van der Waals surface area contributed by atoms with E-state index in [1.165, 1.54) is 12.8 Å². The third-order valence-corrected chi connectivity index (χ3v) is 3.25. The maximum absolute atomic E-state index is 5.80. The summed E-state index contributed by atoms with van der Waals surface area (Å²) >= 11 is 0. The fourth-order valence-electron chi connectivity index (χ4n) is 2.43. The Balaban J connectivity index is 1.81. The molecule has 3 rings (SSSR count). The second-order valence-corrected chi connectivity index (χ2v) is 4.37. The number of nitrogens with zero attached hydrogens (tertiary/aromatic N) is 3. The van der Waals surface area contributed by atoms with Gasteiger partial charge in [0.1, 0.15) is 11.6 Å². The van der Waals surface area contributed by atoms with Crippen LogP contribution in [-0.4, -0.2) is 42.3 Å². The molecule has 5 heteroatoms. The van der Waals surface area contributed by atoms with Gasteiger partial charge in [-0.05, 0) is 12.8 Å². The van der Waals surface area contributed by atoms with Crippen LogP contribution in [0.3, 0.4) is 0 Å². The lowest BCUT2D eigenvalue weighted by Crippen LogP contribution is -2.43. The molecule has 0 saturated carbocycles. The first-order valence-electron chi connectivity index (χ1n) is 5.75. The number of aromatic nitrogens is 2. The molecule has 1 aromatic rings. The van der Waals surface area contributed by atoms with Gasteiger partial charge in [-0.1, -0.05) is 0 Å². The van der Waals surface area contributed by atoms with E-state index in [0.29, 0.717) is 12.2 Å². The maximum Gasteiger partial charge on any atom is 0.149 e. The fourth-order valence-corrected chi connectivity index (χ4v) is 2.43. The van der Waals surface area contributed by atoms with E-state index in [2.05, 4.69) is 20.2 Å². The Bertz CT molecular complexity index is 372. The van der Waals surface area contributed by atoms with E-state index < -0.39 is 0 Å².